The summed E-state index contributed by atoms with van der Waals surface area (Å²) in [6.07, 6.45) is 0. The van der Waals surface area contributed by atoms with E-state index >= 15 is 0 Å². The lowest BCUT2D eigenvalue weighted by Crippen LogP contribution is -1.93. The summed E-state index contributed by atoms with van der Waals surface area (Å²) in [6, 6.07) is 6.79. The highest BCUT2D eigenvalue weighted by Crippen LogP contribution is 2.14. The molecule has 2 nitrogen and oxygen atoms in total. The molecule has 0 saturated carbocycles. The minimum Gasteiger partial charge on any atom is -0.468 e. The third-order valence-corrected chi connectivity index (χ3v) is 1.30. The number of halogens is 1. The van der Waals surface area contributed by atoms with E-state index in [0.29, 0.717) is 10.8 Å². The number of aliphatic hydroxyl groups is 1. The van der Waals surface area contributed by atoms with Crippen LogP contribution in [0.5, 0.6) is 5.75 Å². The maximum absolute atomic E-state index is 8.33. The van der Waals surface area contributed by atoms with Crippen LogP contribution in [0.15, 0.2) is 24.3 Å². The normalized spacial score (nSPS) is 9.40. The highest BCUT2D eigenvalue weighted by molar-refractivity contribution is 6.30. The molecule has 3 heteroatoms. The fourth-order valence-corrected chi connectivity index (χ4v) is 0.731. The van der Waals surface area contributed by atoms with Crippen LogP contribution in [0.3, 0.4) is 0 Å². The van der Waals surface area contributed by atoms with Gasteiger partial charge in [0.2, 0.25) is 0 Å². The van der Waals surface area contributed by atoms with Crippen molar-refractivity contribution in [2.45, 2.75) is 0 Å². The van der Waals surface area contributed by atoms with Crippen LogP contribution < -0.4 is 4.74 Å². The number of aliphatic hydroxyl groups excluding tert-OH is 1. The third-order valence-electron chi connectivity index (χ3n) is 1.04. The summed E-state index contributed by atoms with van der Waals surface area (Å²) in [5.41, 5.74) is 0. The molecule has 54 valence electrons. The molecule has 0 aliphatic carbocycles. The second-order valence-electron chi connectivity index (χ2n) is 1.73. The van der Waals surface area contributed by atoms with Gasteiger partial charge >= 0.3 is 0 Å². The molecule has 1 aromatic carbocycles. The van der Waals surface area contributed by atoms with Gasteiger partial charge in [-0.05, 0) is 24.3 Å². The fourth-order valence-electron chi connectivity index (χ4n) is 0.605. The SMILES string of the molecule is OCOc1ccc(Cl)cc1. The number of hydrogen-bond acceptors (Lipinski definition) is 2. The third kappa shape index (κ3) is 1.90. The van der Waals surface area contributed by atoms with E-state index in [-0.39, 0.29) is 6.79 Å². The lowest BCUT2D eigenvalue weighted by Gasteiger charge is -1.99. The average molecular weight is 159 g/mol. The summed E-state index contributed by atoms with van der Waals surface area (Å²) in [5, 5.41) is 8.99. The van der Waals surface area contributed by atoms with Crippen molar-refractivity contribution in [3.63, 3.8) is 0 Å². The summed E-state index contributed by atoms with van der Waals surface area (Å²) in [6.45, 7) is -0.304. The highest BCUT2D eigenvalue weighted by Gasteiger charge is 1.89. The first-order valence-electron chi connectivity index (χ1n) is 2.82. The highest BCUT2D eigenvalue weighted by atomic mass is 35.5. The zero-order valence-corrected chi connectivity index (χ0v) is 6.01. The maximum Gasteiger partial charge on any atom is 0.186 e. The van der Waals surface area contributed by atoms with Crippen LogP contribution in [0.1, 0.15) is 0 Å². The van der Waals surface area contributed by atoms with Crippen LogP contribution in [0.2, 0.25) is 5.02 Å². The molecule has 0 radical (unpaired) electrons. The summed E-state index contributed by atoms with van der Waals surface area (Å²) < 4.78 is 4.76. The number of ether oxygens (including phenoxy) is 1. The van der Waals surface area contributed by atoms with E-state index in [0.717, 1.165) is 0 Å². The molecule has 1 aromatic rings. The van der Waals surface area contributed by atoms with Crippen LogP contribution in [0, 0.1) is 0 Å². The first-order chi connectivity index (χ1) is 4.83. The molecule has 0 atom stereocenters. The molecule has 1 rings (SSSR count). The van der Waals surface area contributed by atoms with Crippen LogP contribution in [0.25, 0.3) is 0 Å². The maximum atomic E-state index is 8.33. The Bertz CT molecular complexity index is 195. The van der Waals surface area contributed by atoms with E-state index in [2.05, 4.69) is 0 Å². The molecule has 0 fully saturated rings. The molecular weight excluding hydrogens is 152 g/mol. The Morgan fingerprint density at radius 2 is 1.90 bits per heavy atom. The van der Waals surface area contributed by atoms with Gasteiger partial charge in [0, 0.05) is 5.02 Å². The molecule has 10 heavy (non-hydrogen) atoms. The van der Waals surface area contributed by atoms with Crippen molar-refractivity contribution in [2.75, 3.05) is 6.79 Å². The molecule has 0 heterocycles. The molecule has 0 amide bonds. The van der Waals surface area contributed by atoms with Crippen molar-refractivity contribution in [3.05, 3.63) is 29.3 Å². The summed E-state index contributed by atoms with van der Waals surface area (Å²) in [5.74, 6) is 0.618. The predicted molar refractivity (Wildman–Crippen MR) is 39.2 cm³/mol. The lowest BCUT2D eigenvalue weighted by molar-refractivity contribution is 0.0985. The molecule has 0 spiro atoms. The molecule has 1 N–H and O–H groups in total. The van der Waals surface area contributed by atoms with Crippen LogP contribution >= 0.6 is 11.6 Å². The van der Waals surface area contributed by atoms with Gasteiger partial charge in [-0.3, -0.25) is 0 Å². The van der Waals surface area contributed by atoms with Gasteiger partial charge in [-0.15, -0.1) is 0 Å². The predicted octanol–water partition coefficient (Wildman–Crippen LogP) is 1.67. The standard InChI is InChI=1S/C7H7ClO2/c8-6-1-3-7(4-2-6)10-5-9/h1-4,9H,5H2. The van der Waals surface area contributed by atoms with Crippen molar-refractivity contribution in [3.8, 4) is 5.75 Å². The van der Waals surface area contributed by atoms with Gasteiger partial charge in [0.25, 0.3) is 0 Å². The molecule has 0 aromatic heterocycles. The van der Waals surface area contributed by atoms with Crippen molar-refractivity contribution < 1.29 is 9.84 Å². The summed E-state index contributed by atoms with van der Waals surface area (Å²) in [7, 11) is 0. The number of rotatable bonds is 2. The van der Waals surface area contributed by atoms with E-state index in [4.69, 9.17) is 21.4 Å². The van der Waals surface area contributed by atoms with Crippen molar-refractivity contribution in [1.29, 1.82) is 0 Å². The van der Waals surface area contributed by atoms with Gasteiger partial charge in [-0.2, -0.15) is 0 Å². The average Bonchev–Trinajstić information content (AvgIpc) is 1.95. The molecule has 0 bridgehead atoms. The van der Waals surface area contributed by atoms with E-state index < -0.39 is 0 Å². The molecule has 0 aliphatic heterocycles. The Morgan fingerprint density at radius 1 is 1.30 bits per heavy atom. The lowest BCUT2D eigenvalue weighted by atomic mass is 10.3. The molecular formula is C7H7ClO2. The Balaban J connectivity index is 2.69. The Labute approximate surface area is 64.0 Å². The Hall–Kier alpha value is -0.730. The molecule has 0 aliphatic rings. The topological polar surface area (TPSA) is 29.5 Å². The minimum atomic E-state index is -0.304. The smallest absolute Gasteiger partial charge is 0.186 e. The number of hydrogen-bond donors (Lipinski definition) is 1. The first kappa shape index (κ1) is 7.38. The van der Waals surface area contributed by atoms with E-state index in [1.807, 2.05) is 0 Å². The quantitative estimate of drug-likeness (QED) is 0.664. The van der Waals surface area contributed by atoms with E-state index in [1.165, 1.54) is 0 Å². The van der Waals surface area contributed by atoms with Gasteiger partial charge in [0.15, 0.2) is 6.79 Å². The van der Waals surface area contributed by atoms with E-state index in [9.17, 15) is 0 Å². The largest absolute Gasteiger partial charge is 0.468 e. The van der Waals surface area contributed by atoms with Crippen LogP contribution in [0.4, 0.5) is 0 Å². The van der Waals surface area contributed by atoms with Gasteiger partial charge in [-0.25, -0.2) is 0 Å². The zero-order chi connectivity index (χ0) is 7.40. The zero-order valence-electron chi connectivity index (χ0n) is 5.25. The van der Waals surface area contributed by atoms with Gasteiger partial charge in [0.1, 0.15) is 5.75 Å². The second-order valence-corrected chi connectivity index (χ2v) is 2.16. The minimum absolute atomic E-state index is 0.304. The van der Waals surface area contributed by atoms with Crippen molar-refractivity contribution in [1.82, 2.24) is 0 Å². The van der Waals surface area contributed by atoms with Gasteiger partial charge in [-0.1, -0.05) is 11.6 Å². The van der Waals surface area contributed by atoms with Gasteiger partial charge in [0.05, 0.1) is 0 Å². The fraction of sp³-hybridized carbons (Fsp3) is 0.143. The molecule has 0 saturated heterocycles. The Morgan fingerprint density at radius 3 is 2.40 bits per heavy atom. The Kier molecular flexibility index (Phi) is 2.54. The first-order valence-corrected chi connectivity index (χ1v) is 3.20. The monoisotopic (exact) mass is 158 g/mol. The van der Waals surface area contributed by atoms with Crippen LogP contribution in [-0.2, 0) is 0 Å². The summed E-state index contributed by atoms with van der Waals surface area (Å²) in [4.78, 5) is 0. The van der Waals surface area contributed by atoms with Crippen LogP contribution in [-0.4, -0.2) is 11.9 Å². The van der Waals surface area contributed by atoms with Gasteiger partial charge < -0.3 is 9.84 Å². The summed E-state index contributed by atoms with van der Waals surface area (Å²) >= 11 is 5.59. The van der Waals surface area contributed by atoms with Crippen molar-refractivity contribution in [2.24, 2.45) is 0 Å². The van der Waals surface area contributed by atoms with E-state index in [1.54, 1.807) is 24.3 Å². The second kappa shape index (κ2) is 3.44. The molecule has 0 unspecified atom stereocenters. The number of benzene rings is 1. The van der Waals surface area contributed by atoms with Crippen molar-refractivity contribution >= 4 is 11.6 Å².